The van der Waals surface area contributed by atoms with Gasteiger partial charge < -0.3 is 0 Å². The first-order valence-corrected chi connectivity index (χ1v) is 9.53. The molecule has 130 valence electrons. The van der Waals surface area contributed by atoms with Crippen LogP contribution in [0.4, 0.5) is 0 Å². The molecule has 0 spiro atoms. The van der Waals surface area contributed by atoms with E-state index in [-0.39, 0.29) is 5.78 Å². The van der Waals surface area contributed by atoms with Gasteiger partial charge in [-0.2, -0.15) is 9.50 Å². The van der Waals surface area contributed by atoms with Gasteiger partial charge in [0.2, 0.25) is 5.16 Å². The van der Waals surface area contributed by atoms with Crippen molar-refractivity contribution >= 4 is 23.3 Å². The number of aryl methyl sites for hydroxylation is 1. The first kappa shape index (κ1) is 17.5. The Morgan fingerprint density at radius 1 is 1.12 bits per heavy atom. The zero-order valence-corrected chi connectivity index (χ0v) is 15.3. The van der Waals surface area contributed by atoms with E-state index in [1.165, 1.54) is 5.56 Å². The van der Waals surface area contributed by atoms with Gasteiger partial charge in [-0.3, -0.25) is 4.79 Å². The van der Waals surface area contributed by atoms with Crippen LogP contribution in [0.25, 0.3) is 5.78 Å². The number of Topliss-reactive ketones (excluding diaryl/α,β-unsaturated/α-hetero) is 1. The fourth-order valence-corrected chi connectivity index (χ4v) is 3.36. The monoisotopic (exact) mass is 355 g/mol. The van der Waals surface area contributed by atoms with E-state index in [4.69, 9.17) is 0 Å². The molecule has 3 rings (SSSR count). The van der Waals surface area contributed by atoms with Gasteiger partial charge in [0.05, 0.1) is 5.69 Å². The Balaban J connectivity index is 1.90. The van der Waals surface area contributed by atoms with Gasteiger partial charge in [0.25, 0.3) is 5.78 Å². The summed E-state index contributed by atoms with van der Waals surface area (Å²) in [4.78, 5) is 16.8. The highest BCUT2D eigenvalue weighted by atomic mass is 32.2. The van der Waals surface area contributed by atoms with Crippen LogP contribution in [-0.2, 0) is 12.2 Å². The summed E-state index contributed by atoms with van der Waals surface area (Å²) in [5.41, 5.74) is 2.45. The molecular formula is C18H21N5OS. The molecule has 0 amide bonds. The fourth-order valence-electron chi connectivity index (χ4n) is 2.59. The number of hydrogen-bond acceptors (Lipinski definition) is 6. The van der Waals surface area contributed by atoms with Crippen LogP contribution in [0.3, 0.4) is 0 Å². The quantitative estimate of drug-likeness (QED) is 0.453. The number of aromatic nitrogens is 5. The predicted octanol–water partition coefficient (Wildman–Crippen LogP) is 3.75. The molecule has 0 N–H and O–H groups in total. The van der Waals surface area contributed by atoms with Gasteiger partial charge in [0, 0.05) is 12.2 Å². The van der Waals surface area contributed by atoms with Gasteiger partial charge in [0.1, 0.15) is 0 Å². The number of thioether (sulfide) groups is 1. The van der Waals surface area contributed by atoms with Gasteiger partial charge in [-0.25, -0.2) is 0 Å². The van der Waals surface area contributed by atoms with Crippen molar-refractivity contribution in [1.82, 2.24) is 24.8 Å². The van der Waals surface area contributed by atoms with E-state index in [2.05, 4.69) is 39.3 Å². The smallest absolute Gasteiger partial charge is 0.272 e. The first-order valence-electron chi connectivity index (χ1n) is 8.55. The van der Waals surface area contributed by atoms with Crippen molar-refractivity contribution in [2.75, 3.05) is 0 Å². The maximum Gasteiger partial charge on any atom is 0.272 e. The lowest BCUT2D eigenvalue weighted by Gasteiger charge is -2.06. The van der Waals surface area contributed by atoms with Gasteiger partial charge in [-0.15, -0.1) is 15.3 Å². The van der Waals surface area contributed by atoms with Gasteiger partial charge in [0.15, 0.2) is 11.5 Å². The Kier molecular flexibility index (Phi) is 5.75. The number of carbonyl (C=O) groups excluding carboxylic acids is 1. The van der Waals surface area contributed by atoms with E-state index in [1.54, 1.807) is 16.3 Å². The highest BCUT2D eigenvalue weighted by molar-refractivity contribution is 7.98. The van der Waals surface area contributed by atoms with E-state index < -0.39 is 0 Å². The molecule has 0 saturated carbocycles. The second-order valence-electron chi connectivity index (χ2n) is 5.80. The SMILES string of the molecule is CCCC(=O)c1nnc2nc(SCc3ccccc3)nn2c1CCC. The van der Waals surface area contributed by atoms with Crippen molar-refractivity contribution < 1.29 is 4.79 Å². The molecule has 3 aromatic rings. The lowest BCUT2D eigenvalue weighted by Crippen LogP contribution is -2.14. The maximum absolute atomic E-state index is 12.3. The van der Waals surface area contributed by atoms with Crippen LogP contribution >= 0.6 is 11.8 Å². The zero-order chi connectivity index (χ0) is 17.6. The summed E-state index contributed by atoms with van der Waals surface area (Å²) in [7, 11) is 0. The Bertz CT molecular complexity index is 863. The average Bonchev–Trinajstić information content (AvgIpc) is 3.05. The van der Waals surface area contributed by atoms with Crippen LogP contribution in [0.1, 0.15) is 54.9 Å². The maximum atomic E-state index is 12.3. The molecule has 0 unspecified atom stereocenters. The minimum absolute atomic E-state index is 0.0225. The number of hydrogen-bond donors (Lipinski definition) is 0. The third-order valence-electron chi connectivity index (χ3n) is 3.78. The van der Waals surface area contributed by atoms with Gasteiger partial charge in [-0.05, 0) is 18.4 Å². The molecule has 0 aliphatic rings. The Hall–Kier alpha value is -2.28. The molecule has 0 bridgehead atoms. The van der Waals surface area contributed by atoms with Crippen LogP contribution in [0.5, 0.6) is 0 Å². The van der Waals surface area contributed by atoms with Crippen LogP contribution in [0.2, 0.25) is 0 Å². The third kappa shape index (κ3) is 4.04. The molecule has 2 aromatic heterocycles. The molecule has 0 aliphatic heterocycles. The van der Waals surface area contributed by atoms with E-state index in [1.807, 2.05) is 25.1 Å². The molecule has 2 heterocycles. The van der Waals surface area contributed by atoms with Crippen LogP contribution in [-0.4, -0.2) is 30.6 Å². The van der Waals surface area contributed by atoms with E-state index >= 15 is 0 Å². The van der Waals surface area contributed by atoms with E-state index in [9.17, 15) is 4.79 Å². The molecule has 25 heavy (non-hydrogen) atoms. The summed E-state index contributed by atoms with van der Waals surface area (Å²) in [6, 6.07) is 10.2. The lowest BCUT2D eigenvalue weighted by molar-refractivity contribution is 0.0974. The Labute approximate surface area is 151 Å². The number of nitrogens with zero attached hydrogens (tertiary/aromatic N) is 5. The highest BCUT2D eigenvalue weighted by Crippen LogP contribution is 2.21. The van der Waals surface area contributed by atoms with Crippen LogP contribution in [0.15, 0.2) is 35.5 Å². The van der Waals surface area contributed by atoms with Crippen molar-refractivity contribution in [3.05, 3.63) is 47.3 Å². The third-order valence-corrected chi connectivity index (χ3v) is 4.69. The van der Waals surface area contributed by atoms with E-state index in [0.29, 0.717) is 23.0 Å². The summed E-state index contributed by atoms with van der Waals surface area (Å²) in [5.74, 6) is 1.26. The van der Waals surface area contributed by atoms with Crippen LogP contribution < -0.4 is 0 Å². The second-order valence-corrected chi connectivity index (χ2v) is 6.74. The standard InChI is InChI=1S/C18H21N5OS/c1-3-8-14-16(15(24)9-4-2)20-21-17-19-18(22-23(14)17)25-12-13-10-6-5-7-11-13/h5-7,10-11H,3-4,8-9,12H2,1-2H3. The molecule has 0 fully saturated rings. The van der Waals surface area contributed by atoms with Crippen LogP contribution in [0, 0.1) is 0 Å². The van der Waals surface area contributed by atoms with Crippen molar-refractivity contribution in [3.8, 4) is 0 Å². The highest BCUT2D eigenvalue weighted by Gasteiger charge is 2.19. The topological polar surface area (TPSA) is 73.0 Å². The first-order chi connectivity index (χ1) is 12.2. The number of carbonyl (C=O) groups is 1. The molecule has 0 aliphatic carbocycles. The van der Waals surface area contributed by atoms with Crippen molar-refractivity contribution in [1.29, 1.82) is 0 Å². The molecule has 7 heteroatoms. The predicted molar refractivity (Wildman–Crippen MR) is 97.8 cm³/mol. The lowest BCUT2D eigenvalue weighted by atomic mass is 10.1. The van der Waals surface area contributed by atoms with Gasteiger partial charge >= 0.3 is 0 Å². The average molecular weight is 355 g/mol. The summed E-state index contributed by atoms with van der Waals surface area (Å²) in [5, 5.41) is 13.5. The number of ketones is 1. The summed E-state index contributed by atoms with van der Waals surface area (Å²) in [6.45, 7) is 4.06. The largest absolute Gasteiger partial charge is 0.292 e. The Morgan fingerprint density at radius 2 is 1.92 bits per heavy atom. The summed E-state index contributed by atoms with van der Waals surface area (Å²) < 4.78 is 1.69. The molecule has 0 radical (unpaired) electrons. The van der Waals surface area contributed by atoms with Gasteiger partial charge in [-0.1, -0.05) is 62.4 Å². The second kappa shape index (κ2) is 8.20. The minimum atomic E-state index is 0.0225. The molecule has 6 nitrogen and oxygen atoms in total. The number of benzene rings is 1. The Morgan fingerprint density at radius 3 is 2.64 bits per heavy atom. The molecule has 1 aromatic carbocycles. The minimum Gasteiger partial charge on any atom is -0.292 e. The molecule has 0 saturated heterocycles. The normalized spacial score (nSPS) is 11.1. The summed E-state index contributed by atoms with van der Waals surface area (Å²) in [6.07, 6.45) is 2.89. The van der Waals surface area contributed by atoms with Crippen molar-refractivity contribution in [3.63, 3.8) is 0 Å². The van der Waals surface area contributed by atoms with Crippen molar-refractivity contribution in [2.24, 2.45) is 0 Å². The zero-order valence-electron chi connectivity index (χ0n) is 14.5. The van der Waals surface area contributed by atoms with Crippen molar-refractivity contribution in [2.45, 2.75) is 50.4 Å². The van der Waals surface area contributed by atoms with E-state index in [0.717, 1.165) is 30.7 Å². The fraction of sp³-hybridized carbons (Fsp3) is 0.389. The number of rotatable bonds is 8. The number of fused-ring (bicyclic) bond motifs is 1. The summed E-state index contributed by atoms with van der Waals surface area (Å²) >= 11 is 1.55. The molecular weight excluding hydrogens is 334 g/mol. The molecule has 0 atom stereocenters.